The number of amides is 1. The SMILES string of the molecule is CC(C)OC(=O)OC(C)OC(=O)C1N2C(=O)C(CO)C2SC1(C)C. The van der Waals surface area contributed by atoms with E-state index in [0.29, 0.717) is 0 Å². The van der Waals surface area contributed by atoms with Gasteiger partial charge in [0.05, 0.1) is 24.0 Å². The van der Waals surface area contributed by atoms with Crippen LogP contribution in [0.15, 0.2) is 0 Å². The standard InChI is InChI=1S/C15H23NO7S/c1-7(2)21-14(20)23-8(3)22-13(19)10-15(4,5)24-12-9(6-17)11(18)16(10)12/h7-10,12,17H,6H2,1-5H3. The Labute approximate surface area is 144 Å². The Morgan fingerprint density at radius 1 is 1.25 bits per heavy atom. The lowest BCUT2D eigenvalue weighted by molar-refractivity contribution is -0.183. The third-order valence-electron chi connectivity index (χ3n) is 3.85. The molecule has 0 saturated carbocycles. The fourth-order valence-electron chi connectivity index (χ4n) is 2.85. The molecule has 2 rings (SSSR count). The van der Waals surface area contributed by atoms with E-state index in [2.05, 4.69) is 0 Å². The van der Waals surface area contributed by atoms with Gasteiger partial charge >= 0.3 is 12.1 Å². The molecule has 2 saturated heterocycles. The minimum Gasteiger partial charge on any atom is -0.431 e. The summed E-state index contributed by atoms with van der Waals surface area (Å²) in [5, 5.41) is 9.03. The molecule has 0 aromatic carbocycles. The second-order valence-corrected chi connectivity index (χ2v) is 8.36. The van der Waals surface area contributed by atoms with Gasteiger partial charge in [-0.05, 0) is 27.7 Å². The smallest absolute Gasteiger partial charge is 0.431 e. The fourth-order valence-corrected chi connectivity index (χ4v) is 4.51. The van der Waals surface area contributed by atoms with Crippen LogP contribution in [0.3, 0.4) is 0 Å². The van der Waals surface area contributed by atoms with Crippen LogP contribution in [0, 0.1) is 5.92 Å². The zero-order valence-electron chi connectivity index (χ0n) is 14.3. The van der Waals surface area contributed by atoms with Crippen molar-refractivity contribution < 1.29 is 33.7 Å². The topological polar surface area (TPSA) is 102 Å². The minimum absolute atomic E-state index is 0.239. The molecule has 2 aliphatic heterocycles. The number of rotatable bonds is 5. The number of carbonyl (C=O) groups excluding carboxylic acids is 3. The van der Waals surface area contributed by atoms with Crippen LogP contribution in [-0.2, 0) is 23.8 Å². The highest BCUT2D eigenvalue weighted by molar-refractivity contribution is 8.01. The molecule has 2 fully saturated rings. The summed E-state index contributed by atoms with van der Waals surface area (Å²) in [6, 6.07) is -0.796. The van der Waals surface area contributed by atoms with Gasteiger partial charge in [0.15, 0.2) is 0 Å². The van der Waals surface area contributed by atoms with Gasteiger partial charge in [0.25, 0.3) is 0 Å². The summed E-state index contributed by atoms with van der Waals surface area (Å²) in [6.45, 7) is 8.17. The molecule has 9 heteroatoms. The number of fused-ring (bicyclic) bond motifs is 1. The lowest BCUT2D eigenvalue weighted by atomic mass is 9.92. The predicted octanol–water partition coefficient (Wildman–Crippen LogP) is 1.11. The predicted molar refractivity (Wildman–Crippen MR) is 84.9 cm³/mol. The molecular formula is C15H23NO7S. The molecule has 24 heavy (non-hydrogen) atoms. The van der Waals surface area contributed by atoms with E-state index in [-0.39, 0.29) is 24.0 Å². The van der Waals surface area contributed by atoms with E-state index < -0.39 is 35.1 Å². The van der Waals surface area contributed by atoms with E-state index in [4.69, 9.17) is 14.2 Å². The number of aliphatic hydroxyl groups excluding tert-OH is 1. The lowest BCUT2D eigenvalue weighted by Gasteiger charge is -2.43. The minimum atomic E-state index is -1.13. The maximum atomic E-state index is 12.5. The molecule has 8 nitrogen and oxygen atoms in total. The summed E-state index contributed by atoms with van der Waals surface area (Å²) in [5.41, 5.74) is 0. The average molecular weight is 361 g/mol. The van der Waals surface area contributed by atoms with Crippen LogP contribution in [0.2, 0.25) is 0 Å². The first-order valence-corrected chi connectivity index (χ1v) is 8.65. The summed E-state index contributed by atoms with van der Waals surface area (Å²) in [5.74, 6) is -1.40. The summed E-state index contributed by atoms with van der Waals surface area (Å²) < 4.78 is 14.3. The highest BCUT2D eigenvalue weighted by Crippen LogP contribution is 2.53. The summed E-state index contributed by atoms with van der Waals surface area (Å²) in [6.07, 6.45) is -2.40. The Morgan fingerprint density at radius 2 is 1.88 bits per heavy atom. The number of esters is 1. The van der Waals surface area contributed by atoms with Crippen LogP contribution in [0.25, 0.3) is 0 Å². The van der Waals surface area contributed by atoms with Crippen LogP contribution in [0.1, 0.15) is 34.6 Å². The van der Waals surface area contributed by atoms with Crippen molar-refractivity contribution in [1.82, 2.24) is 4.90 Å². The molecule has 0 radical (unpaired) electrons. The van der Waals surface area contributed by atoms with Gasteiger partial charge in [0.1, 0.15) is 6.04 Å². The van der Waals surface area contributed by atoms with Crippen molar-refractivity contribution in [2.75, 3.05) is 6.61 Å². The largest absolute Gasteiger partial charge is 0.511 e. The van der Waals surface area contributed by atoms with Gasteiger partial charge in [0.2, 0.25) is 12.2 Å². The van der Waals surface area contributed by atoms with Gasteiger partial charge in [-0.2, -0.15) is 0 Å². The van der Waals surface area contributed by atoms with Crippen molar-refractivity contribution in [2.45, 2.75) is 63.2 Å². The molecule has 0 spiro atoms. The van der Waals surface area contributed by atoms with Gasteiger partial charge in [-0.3, -0.25) is 4.79 Å². The molecule has 1 N–H and O–H groups in total. The first-order valence-electron chi connectivity index (χ1n) is 7.77. The highest BCUT2D eigenvalue weighted by atomic mass is 32.2. The third kappa shape index (κ3) is 3.46. The van der Waals surface area contributed by atoms with Crippen molar-refractivity contribution in [3.8, 4) is 0 Å². The number of thioether (sulfide) groups is 1. The Balaban J connectivity index is 1.99. The van der Waals surface area contributed by atoms with Crippen molar-refractivity contribution in [3.63, 3.8) is 0 Å². The Hall–Kier alpha value is -1.48. The molecule has 136 valence electrons. The number of aliphatic hydroxyl groups is 1. The van der Waals surface area contributed by atoms with Crippen molar-refractivity contribution >= 4 is 29.8 Å². The third-order valence-corrected chi connectivity index (χ3v) is 5.48. The fraction of sp³-hybridized carbons (Fsp3) is 0.800. The molecule has 4 unspecified atom stereocenters. The number of ether oxygens (including phenoxy) is 3. The summed E-state index contributed by atoms with van der Waals surface area (Å²) >= 11 is 1.45. The van der Waals surface area contributed by atoms with Gasteiger partial charge < -0.3 is 24.2 Å². The van der Waals surface area contributed by atoms with Crippen LogP contribution in [0.4, 0.5) is 4.79 Å². The van der Waals surface area contributed by atoms with Gasteiger partial charge in [-0.1, -0.05) is 0 Å². The Kier molecular flexibility index (Phi) is 5.34. The van der Waals surface area contributed by atoms with Crippen LogP contribution in [-0.4, -0.2) is 63.2 Å². The molecular weight excluding hydrogens is 338 g/mol. The van der Waals surface area contributed by atoms with Gasteiger partial charge in [0, 0.05) is 11.7 Å². The first-order chi connectivity index (χ1) is 11.1. The molecule has 0 aromatic rings. The molecule has 0 aromatic heterocycles. The monoisotopic (exact) mass is 361 g/mol. The maximum absolute atomic E-state index is 12.5. The van der Waals surface area contributed by atoms with E-state index in [1.165, 1.54) is 23.6 Å². The van der Waals surface area contributed by atoms with Crippen molar-refractivity contribution in [3.05, 3.63) is 0 Å². The highest BCUT2D eigenvalue weighted by Gasteiger charge is 2.63. The number of nitrogens with zero attached hydrogens (tertiary/aromatic N) is 1. The average Bonchev–Trinajstić information content (AvgIpc) is 2.66. The van der Waals surface area contributed by atoms with Crippen LogP contribution in [0.5, 0.6) is 0 Å². The lowest BCUT2D eigenvalue weighted by Crippen LogP contribution is -2.63. The normalized spacial score (nSPS) is 28.9. The van der Waals surface area contributed by atoms with Crippen LogP contribution >= 0.6 is 11.8 Å². The molecule has 4 atom stereocenters. The first kappa shape index (κ1) is 18.9. The van der Waals surface area contributed by atoms with E-state index in [1.807, 2.05) is 13.8 Å². The zero-order chi connectivity index (χ0) is 18.2. The summed E-state index contributed by atoms with van der Waals surface area (Å²) in [7, 11) is 0. The number of hydrogen-bond donors (Lipinski definition) is 1. The van der Waals surface area contributed by atoms with Crippen LogP contribution < -0.4 is 0 Å². The van der Waals surface area contributed by atoms with Gasteiger partial charge in [-0.25, -0.2) is 9.59 Å². The molecule has 0 aliphatic carbocycles. The zero-order valence-corrected chi connectivity index (χ0v) is 15.2. The second-order valence-electron chi connectivity index (χ2n) is 6.59. The number of hydrogen-bond acceptors (Lipinski definition) is 8. The van der Waals surface area contributed by atoms with Crippen molar-refractivity contribution in [1.29, 1.82) is 0 Å². The molecule has 1 amide bonds. The summed E-state index contributed by atoms with van der Waals surface area (Å²) in [4.78, 5) is 37.4. The number of β-lactam (4-membered cyclic amide) rings is 1. The van der Waals surface area contributed by atoms with E-state index in [1.54, 1.807) is 13.8 Å². The van der Waals surface area contributed by atoms with Crippen molar-refractivity contribution in [2.24, 2.45) is 5.92 Å². The molecule has 0 bridgehead atoms. The maximum Gasteiger partial charge on any atom is 0.511 e. The Bertz CT molecular complexity index is 536. The molecule has 2 heterocycles. The number of carbonyl (C=O) groups is 3. The van der Waals surface area contributed by atoms with Gasteiger partial charge in [-0.15, -0.1) is 11.8 Å². The second kappa shape index (κ2) is 6.79. The quantitative estimate of drug-likeness (QED) is 0.441. The Morgan fingerprint density at radius 3 is 2.42 bits per heavy atom. The molecule has 2 aliphatic rings. The van der Waals surface area contributed by atoms with E-state index in [9.17, 15) is 19.5 Å². The van der Waals surface area contributed by atoms with E-state index >= 15 is 0 Å². The van der Waals surface area contributed by atoms with E-state index in [0.717, 1.165) is 0 Å².